The van der Waals surface area contributed by atoms with Gasteiger partial charge in [-0.05, 0) is 30.5 Å². The first kappa shape index (κ1) is 15.7. The molecule has 0 aliphatic rings. The molecular formula is C16H25NO2. The van der Waals surface area contributed by atoms with E-state index in [1.165, 1.54) is 18.4 Å². The zero-order valence-corrected chi connectivity index (χ0v) is 12.2. The van der Waals surface area contributed by atoms with Crippen molar-refractivity contribution in [2.45, 2.75) is 40.0 Å². The largest absolute Gasteiger partial charge is 0.396 e. The van der Waals surface area contributed by atoms with Crippen LogP contribution in [0.25, 0.3) is 0 Å². The number of aliphatic hydroxyl groups excluding tert-OH is 1. The number of carbonyl (C=O) groups is 1. The SMILES string of the molecule is CCCCc1ccc(C(=O)NCC(C)(C)CO)cc1. The Hall–Kier alpha value is -1.35. The van der Waals surface area contributed by atoms with Crippen molar-refractivity contribution >= 4 is 5.91 Å². The van der Waals surface area contributed by atoms with E-state index < -0.39 is 0 Å². The molecule has 106 valence electrons. The molecule has 0 fully saturated rings. The summed E-state index contributed by atoms with van der Waals surface area (Å²) in [4.78, 5) is 11.9. The lowest BCUT2D eigenvalue weighted by Gasteiger charge is -2.21. The number of hydrogen-bond acceptors (Lipinski definition) is 2. The van der Waals surface area contributed by atoms with E-state index in [1.54, 1.807) is 0 Å². The van der Waals surface area contributed by atoms with Gasteiger partial charge in [0.05, 0.1) is 0 Å². The van der Waals surface area contributed by atoms with Crippen LogP contribution in [0.15, 0.2) is 24.3 Å². The van der Waals surface area contributed by atoms with Crippen molar-refractivity contribution in [2.75, 3.05) is 13.2 Å². The maximum absolute atomic E-state index is 11.9. The molecule has 0 saturated heterocycles. The van der Waals surface area contributed by atoms with Crippen LogP contribution in [0.4, 0.5) is 0 Å². The molecule has 1 aromatic rings. The number of carbonyl (C=O) groups excluding carboxylic acids is 1. The fraction of sp³-hybridized carbons (Fsp3) is 0.562. The Balaban J connectivity index is 2.53. The molecular weight excluding hydrogens is 238 g/mol. The summed E-state index contributed by atoms with van der Waals surface area (Å²) in [5.74, 6) is -0.0800. The highest BCUT2D eigenvalue weighted by Crippen LogP contribution is 2.12. The topological polar surface area (TPSA) is 49.3 Å². The lowest BCUT2D eigenvalue weighted by Crippen LogP contribution is -2.36. The van der Waals surface area contributed by atoms with E-state index in [2.05, 4.69) is 12.2 Å². The minimum absolute atomic E-state index is 0.0588. The Morgan fingerprint density at radius 1 is 1.26 bits per heavy atom. The first-order valence-corrected chi connectivity index (χ1v) is 6.96. The average Bonchev–Trinajstić information content (AvgIpc) is 2.43. The molecule has 0 aliphatic heterocycles. The van der Waals surface area contributed by atoms with Gasteiger partial charge in [0.25, 0.3) is 5.91 Å². The summed E-state index contributed by atoms with van der Waals surface area (Å²) in [6.07, 6.45) is 3.42. The number of aryl methyl sites for hydroxylation is 1. The van der Waals surface area contributed by atoms with Crippen molar-refractivity contribution in [3.63, 3.8) is 0 Å². The lowest BCUT2D eigenvalue weighted by molar-refractivity contribution is 0.0911. The first-order chi connectivity index (χ1) is 8.98. The van der Waals surface area contributed by atoms with Crippen molar-refractivity contribution in [2.24, 2.45) is 5.41 Å². The van der Waals surface area contributed by atoms with Crippen LogP contribution in [0.3, 0.4) is 0 Å². The Morgan fingerprint density at radius 3 is 2.42 bits per heavy atom. The Kier molecular flexibility index (Phi) is 6.03. The van der Waals surface area contributed by atoms with E-state index in [1.807, 2.05) is 38.1 Å². The van der Waals surface area contributed by atoms with E-state index in [-0.39, 0.29) is 17.9 Å². The molecule has 0 radical (unpaired) electrons. The minimum Gasteiger partial charge on any atom is -0.396 e. The summed E-state index contributed by atoms with van der Waals surface area (Å²) in [6, 6.07) is 7.77. The number of rotatable bonds is 7. The van der Waals surface area contributed by atoms with E-state index in [4.69, 9.17) is 5.11 Å². The van der Waals surface area contributed by atoms with Gasteiger partial charge < -0.3 is 10.4 Å². The average molecular weight is 263 g/mol. The summed E-state index contributed by atoms with van der Waals surface area (Å²) >= 11 is 0. The molecule has 19 heavy (non-hydrogen) atoms. The smallest absolute Gasteiger partial charge is 0.251 e. The molecule has 1 rings (SSSR count). The third-order valence-electron chi connectivity index (χ3n) is 3.19. The maximum Gasteiger partial charge on any atom is 0.251 e. The molecule has 0 heterocycles. The second kappa shape index (κ2) is 7.29. The third kappa shape index (κ3) is 5.43. The van der Waals surface area contributed by atoms with Crippen molar-refractivity contribution in [3.8, 4) is 0 Å². The van der Waals surface area contributed by atoms with E-state index in [0.717, 1.165) is 6.42 Å². The molecule has 3 nitrogen and oxygen atoms in total. The van der Waals surface area contributed by atoms with Crippen LogP contribution in [0, 0.1) is 5.41 Å². The van der Waals surface area contributed by atoms with Crippen LogP contribution in [0.1, 0.15) is 49.5 Å². The van der Waals surface area contributed by atoms with Gasteiger partial charge in [-0.3, -0.25) is 4.79 Å². The molecule has 0 atom stereocenters. The molecule has 3 heteroatoms. The van der Waals surface area contributed by atoms with Crippen LogP contribution in [-0.4, -0.2) is 24.2 Å². The van der Waals surface area contributed by atoms with Gasteiger partial charge in [-0.15, -0.1) is 0 Å². The van der Waals surface area contributed by atoms with E-state index >= 15 is 0 Å². The highest BCUT2D eigenvalue weighted by Gasteiger charge is 2.17. The first-order valence-electron chi connectivity index (χ1n) is 6.96. The van der Waals surface area contributed by atoms with Gasteiger partial charge in [0, 0.05) is 24.1 Å². The van der Waals surface area contributed by atoms with Gasteiger partial charge in [-0.25, -0.2) is 0 Å². The Labute approximate surface area is 116 Å². The number of hydrogen-bond donors (Lipinski definition) is 2. The monoisotopic (exact) mass is 263 g/mol. The molecule has 1 amide bonds. The fourth-order valence-corrected chi connectivity index (χ4v) is 1.68. The quantitative estimate of drug-likeness (QED) is 0.794. The number of nitrogens with one attached hydrogen (secondary N) is 1. The maximum atomic E-state index is 11.9. The Morgan fingerprint density at radius 2 is 1.89 bits per heavy atom. The standard InChI is InChI=1S/C16H25NO2/c1-4-5-6-13-7-9-14(10-8-13)15(19)17-11-16(2,3)12-18/h7-10,18H,4-6,11-12H2,1-3H3,(H,17,19). The molecule has 0 saturated carbocycles. The van der Waals surface area contributed by atoms with Crippen LogP contribution in [0.2, 0.25) is 0 Å². The lowest BCUT2D eigenvalue weighted by atomic mass is 9.95. The summed E-state index contributed by atoms with van der Waals surface area (Å²) in [5.41, 5.74) is 1.67. The molecule has 1 aromatic carbocycles. The molecule has 2 N–H and O–H groups in total. The van der Waals surface area contributed by atoms with Gasteiger partial charge in [-0.1, -0.05) is 39.3 Å². The van der Waals surface area contributed by atoms with Crippen molar-refractivity contribution < 1.29 is 9.90 Å². The minimum atomic E-state index is -0.281. The predicted molar refractivity (Wildman–Crippen MR) is 78.3 cm³/mol. The van der Waals surface area contributed by atoms with Gasteiger partial charge in [-0.2, -0.15) is 0 Å². The second-order valence-electron chi connectivity index (χ2n) is 5.81. The summed E-state index contributed by atoms with van der Waals surface area (Å²) in [5, 5.41) is 12.0. The van der Waals surface area contributed by atoms with Gasteiger partial charge in [0.2, 0.25) is 0 Å². The van der Waals surface area contributed by atoms with Crippen molar-refractivity contribution in [3.05, 3.63) is 35.4 Å². The summed E-state index contributed by atoms with van der Waals surface area (Å²) < 4.78 is 0. The van der Waals surface area contributed by atoms with Gasteiger partial charge in [0.15, 0.2) is 0 Å². The van der Waals surface area contributed by atoms with Gasteiger partial charge >= 0.3 is 0 Å². The normalized spacial score (nSPS) is 11.4. The molecule has 0 aliphatic carbocycles. The zero-order chi connectivity index (χ0) is 14.3. The molecule has 0 aromatic heterocycles. The van der Waals surface area contributed by atoms with E-state index in [9.17, 15) is 4.79 Å². The van der Waals surface area contributed by atoms with Crippen LogP contribution >= 0.6 is 0 Å². The fourth-order valence-electron chi connectivity index (χ4n) is 1.68. The van der Waals surface area contributed by atoms with Crippen LogP contribution in [0.5, 0.6) is 0 Å². The van der Waals surface area contributed by atoms with Gasteiger partial charge in [0.1, 0.15) is 0 Å². The van der Waals surface area contributed by atoms with Crippen LogP contribution < -0.4 is 5.32 Å². The van der Waals surface area contributed by atoms with Crippen LogP contribution in [-0.2, 0) is 6.42 Å². The zero-order valence-electron chi connectivity index (χ0n) is 12.2. The van der Waals surface area contributed by atoms with Crippen molar-refractivity contribution in [1.29, 1.82) is 0 Å². The number of unbranched alkanes of at least 4 members (excludes halogenated alkanes) is 1. The molecule has 0 bridgehead atoms. The van der Waals surface area contributed by atoms with Crippen molar-refractivity contribution in [1.82, 2.24) is 5.32 Å². The predicted octanol–water partition coefficient (Wildman–Crippen LogP) is 2.78. The summed E-state index contributed by atoms with van der Waals surface area (Å²) in [7, 11) is 0. The Bertz CT molecular complexity index is 396. The molecule has 0 spiro atoms. The highest BCUT2D eigenvalue weighted by atomic mass is 16.3. The molecule has 0 unspecified atom stereocenters. The summed E-state index contributed by atoms with van der Waals surface area (Å²) in [6.45, 7) is 6.54. The number of aliphatic hydroxyl groups is 1. The highest BCUT2D eigenvalue weighted by molar-refractivity contribution is 5.94. The third-order valence-corrected chi connectivity index (χ3v) is 3.19. The number of benzene rings is 1. The van der Waals surface area contributed by atoms with E-state index in [0.29, 0.717) is 12.1 Å². The number of amides is 1. The second-order valence-corrected chi connectivity index (χ2v) is 5.81.